The first-order chi connectivity index (χ1) is 14.5. The van der Waals surface area contributed by atoms with E-state index in [1.807, 2.05) is 55.5 Å². The second kappa shape index (κ2) is 8.50. The molecular weight excluding hydrogens is 376 g/mol. The summed E-state index contributed by atoms with van der Waals surface area (Å²) in [6, 6.07) is 15.5. The van der Waals surface area contributed by atoms with E-state index in [0.29, 0.717) is 18.5 Å². The van der Waals surface area contributed by atoms with Gasteiger partial charge in [0.2, 0.25) is 5.91 Å². The molecule has 1 aliphatic carbocycles. The number of rotatable bonds is 5. The Morgan fingerprint density at radius 3 is 2.50 bits per heavy atom. The molecule has 5 heteroatoms. The summed E-state index contributed by atoms with van der Waals surface area (Å²) in [7, 11) is 1.63. The highest BCUT2D eigenvalue weighted by Gasteiger charge is 2.47. The molecule has 0 bridgehead atoms. The number of nitrogens with zero attached hydrogens (tertiary/aromatic N) is 1. The van der Waals surface area contributed by atoms with Gasteiger partial charge in [0.05, 0.1) is 7.11 Å². The van der Waals surface area contributed by atoms with Crippen molar-refractivity contribution in [3.05, 3.63) is 65.2 Å². The van der Waals surface area contributed by atoms with Crippen molar-refractivity contribution in [1.29, 1.82) is 0 Å². The smallest absolute Gasteiger partial charge is 0.255 e. The molecular formula is C25H30N2O3. The van der Waals surface area contributed by atoms with Crippen LogP contribution in [0.1, 0.15) is 60.5 Å². The van der Waals surface area contributed by atoms with Crippen LogP contribution in [-0.2, 0) is 17.8 Å². The van der Waals surface area contributed by atoms with E-state index in [9.17, 15) is 9.59 Å². The number of amides is 2. The number of benzene rings is 2. The minimum absolute atomic E-state index is 0.0502. The van der Waals surface area contributed by atoms with Crippen LogP contribution in [-0.4, -0.2) is 35.4 Å². The van der Waals surface area contributed by atoms with Crippen molar-refractivity contribution < 1.29 is 14.3 Å². The zero-order valence-electron chi connectivity index (χ0n) is 17.8. The van der Waals surface area contributed by atoms with Crippen LogP contribution in [0.5, 0.6) is 5.75 Å². The van der Waals surface area contributed by atoms with Crippen LogP contribution in [0.3, 0.4) is 0 Å². The largest absolute Gasteiger partial charge is 0.497 e. The Balaban J connectivity index is 1.65. The van der Waals surface area contributed by atoms with Gasteiger partial charge in [-0.1, -0.05) is 49.6 Å². The quantitative estimate of drug-likeness (QED) is 0.813. The molecule has 4 rings (SSSR count). The number of carbonyl (C=O) groups is 2. The number of hydrogen-bond acceptors (Lipinski definition) is 3. The Morgan fingerprint density at radius 1 is 1.10 bits per heavy atom. The molecule has 2 aromatic carbocycles. The fourth-order valence-electron chi connectivity index (χ4n) is 4.67. The van der Waals surface area contributed by atoms with Gasteiger partial charge in [-0.25, -0.2) is 0 Å². The summed E-state index contributed by atoms with van der Waals surface area (Å²) in [5.41, 5.74) is 1.67. The van der Waals surface area contributed by atoms with Crippen LogP contribution in [0, 0.1) is 0 Å². The van der Waals surface area contributed by atoms with Gasteiger partial charge >= 0.3 is 0 Å². The summed E-state index contributed by atoms with van der Waals surface area (Å²) in [4.78, 5) is 28.7. The molecule has 158 valence electrons. The number of nitrogens with one attached hydrogen (secondary N) is 1. The third-order valence-corrected chi connectivity index (χ3v) is 6.55. The zero-order chi connectivity index (χ0) is 21.1. The molecule has 30 heavy (non-hydrogen) atoms. The van der Waals surface area contributed by atoms with Crippen LogP contribution in [0.15, 0.2) is 48.5 Å². The standard InChI is InChI=1S/C25H30N2O3/c1-25(24(29)26-20-9-4-3-5-10-20)16-19-8-6-7-11-22(19)23(28)27(25)17-18-12-14-21(30-2)15-13-18/h6-8,11-15,20H,3-5,9-10,16-17H2,1-2H3,(H,26,29)/t25-/m1/s1. The van der Waals surface area contributed by atoms with Crippen LogP contribution >= 0.6 is 0 Å². The summed E-state index contributed by atoms with van der Waals surface area (Å²) in [5, 5.41) is 3.26. The van der Waals surface area contributed by atoms with E-state index in [4.69, 9.17) is 4.74 Å². The molecule has 5 nitrogen and oxygen atoms in total. The number of carbonyl (C=O) groups excluding carboxylic acids is 2. The number of hydrogen-bond donors (Lipinski definition) is 1. The Hall–Kier alpha value is -2.82. The van der Waals surface area contributed by atoms with Crippen molar-refractivity contribution in [1.82, 2.24) is 10.2 Å². The van der Waals surface area contributed by atoms with Crippen molar-refractivity contribution in [3.63, 3.8) is 0 Å². The van der Waals surface area contributed by atoms with Gasteiger partial charge in [0.1, 0.15) is 11.3 Å². The molecule has 0 unspecified atom stereocenters. The van der Waals surface area contributed by atoms with Gasteiger partial charge in [-0.3, -0.25) is 9.59 Å². The average Bonchev–Trinajstić information content (AvgIpc) is 2.78. The maximum atomic E-state index is 13.5. The maximum Gasteiger partial charge on any atom is 0.255 e. The normalized spacial score (nSPS) is 21.8. The van der Waals surface area contributed by atoms with Gasteiger partial charge in [0.25, 0.3) is 5.91 Å². The van der Waals surface area contributed by atoms with E-state index in [0.717, 1.165) is 42.6 Å². The first-order valence-electron chi connectivity index (χ1n) is 10.8. The van der Waals surface area contributed by atoms with Gasteiger partial charge in [0.15, 0.2) is 0 Å². The van der Waals surface area contributed by atoms with Crippen molar-refractivity contribution in [2.45, 2.75) is 63.6 Å². The van der Waals surface area contributed by atoms with E-state index >= 15 is 0 Å². The van der Waals surface area contributed by atoms with Crippen molar-refractivity contribution in [3.8, 4) is 5.75 Å². The highest BCUT2D eigenvalue weighted by atomic mass is 16.5. The second-order valence-corrected chi connectivity index (χ2v) is 8.66. The predicted molar refractivity (Wildman–Crippen MR) is 116 cm³/mol. The minimum Gasteiger partial charge on any atom is -0.497 e. The molecule has 0 radical (unpaired) electrons. The van der Waals surface area contributed by atoms with Crippen LogP contribution in [0.25, 0.3) is 0 Å². The molecule has 1 saturated carbocycles. The number of ether oxygens (including phenoxy) is 1. The van der Waals surface area contributed by atoms with Crippen LogP contribution in [0.4, 0.5) is 0 Å². The summed E-state index contributed by atoms with van der Waals surface area (Å²) >= 11 is 0. The predicted octanol–water partition coefficient (Wildman–Crippen LogP) is 4.10. The number of fused-ring (bicyclic) bond motifs is 1. The fourth-order valence-corrected chi connectivity index (χ4v) is 4.67. The molecule has 1 aliphatic heterocycles. The Kier molecular flexibility index (Phi) is 5.80. The first kappa shape index (κ1) is 20.5. The van der Waals surface area contributed by atoms with E-state index in [2.05, 4.69) is 5.32 Å². The summed E-state index contributed by atoms with van der Waals surface area (Å²) in [6.45, 7) is 2.29. The zero-order valence-corrected chi connectivity index (χ0v) is 17.8. The highest BCUT2D eigenvalue weighted by molar-refractivity contribution is 6.02. The second-order valence-electron chi connectivity index (χ2n) is 8.66. The Labute approximate surface area is 178 Å². The SMILES string of the molecule is COc1ccc(CN2C(=O)c3ccccc3C[C@]2(C)C(=O)NC2CCCCC2)cc1. The molecule has 1 heterocycles. The van der Waals surface area contributed by atoms with Gasteiger partial charge in [-0.05, 0) is 49.1 Å². The summed E-state index contributed by atoms with van der Waals surface area (Å²) in [5.74, 6) is 0.631. The maximum absolute atomic E-state index is 13.5. The Bertz CT molecular complexity index is 918. The van der Waals surface area contributed by atoms with Crippen LogP contribution < -0.4 is 10.1 Å². The lowest BCUT2D eigenvalue weighted by Gasteiger charge is -2.45. The molecule has 2 aliphatic rings. The minimum atomic E-state index is -0.928. The van der Waals surface area contributed by atoms with Gasteiger partial charge in [-0.15, -0.1) is 0 Å². The van der Waals surface area contributed by atoms with E-state index in [-0.39, 0.29) is 17.9 Å². The van der Waals surface area contributed by atoms with Crippen molar-refractivity contribution in [2.75, 3.05) is 7.11 Å². The third-order valence-electron chi connectivity index (χ3n) is 6.55. The highest BCUT2D eigenvalue weighted by Crippen LogP contribution is 2.33. The molecule has 1 atom stereocenters. The molecule has 0 aromatic heterocycles. The summed E-state index contributed by atoms with van der Waals surface area (Å²) in [6.07, 6.45) is 6.09. The fraction of sp³-hybridized carbons (Fsp3) is 0.440. The molecule has 1 N–H and O–H groups in total. The van der Waals surface area contributed by atoms with Gasteiger partial charge in [-0.2, -0.15) is 0 Å². The monoisotopic (exact) mass is 406 g/mol. The molecule has 0 saturated heterocycles. The topological polar surface area (TPSA) is 58.6 Å². The summed E-state index contributed by atoms with van der Waals surface area (Å²) < 4.78 is 5.25. The third kappa shape index (κ3) is 3.93. The average molecular weight is 407 g/mol. The van der Waals surface area contributed by atoms with Gasteiger partial charge in [0, 0.05) is 24.6 Å². The van der Waals surface area contributed by atoms with Gasteiger partial charge < -0.3 is 15.0 Å². The lowest BCUT2D eigenvalue weighted by atomic mass is 9.82. The lowest BCUT2D eigenvalue weighted by Crippen LogP contribution is -2.63. The number of methoxy groups -OCH3 is 1. The van der Waals surface area contributed by atoms with Crippen molar-refractivity contribution >= 4 is 11.8 Å². The Morgan fingerprint density at radius 2 is 1.80 bits per heavy atom. The molecule has 2 aromatic rings. The van der Waals surface area contributed by atoms with E-state index in [1.165, 1.54) is 6.42 Å². The van der Waals surface area contributed by atoms with E-state index in [1.54, 1.807) is 12.0 Å². The molecule has 1 fully saturated rings. The first-order valence-corrected chi connectivity index (χ1v) is 10.8. The van der Waals surface area contributed by atoms with Crippen LogP contribution in [0.2, 0.25) is 0 Å². The lowest BCUT2D eigenvalue weighted by molar-refractivity contribution is -0.133. The van der Waals surface area contributed by atoms with Crippen molar-refractivity contribution in [2.24, 2.45) is 0 Å². The molecule has 2 amide bonds. The van der Waals surface area contributed by atoms with E-state index < -0.39 is 5.54 Å². The molecule has 0 spiro atoms.